The SMILES string of the molecule is Cc1ccc(S(=O)(=O)N2CC(c3ccccc3)=CCN(Cc3ccccc3)C2=O)cc1. The van der Waals surface area contributed by atoms with Crippen molar-refractivity contribution in [3.63, 3.8) is 0 Å². The van der Waals surface area contributed by atoms with Crippen LogP contribution in [0.3, 0.4) is 0 Å². The van der Waals surface area contributed by atoms with Crippen LogP contribution < -0.4 is 0 Å². The predicted molar refractivity (Wildman–Crippen MR) is 122 cm³/mol. The van der Waals surface area contributed by atoms with E-state index in [2.05, 4.69) is 0 Å². The summed E-state index contributed by atoms with van der Waals surface area (Å²) in [6.07, 6.45) is 1.95. The molecule has 0 fully saturated rings. The van der Waals surface area contributed by atoms with Gasteiger partial charge in [0.25, 0.3) is 10.0 Å². The molecule has 5 nitrogen and oxygen atoms in total. The van der Waals surface area contributed by atoms with Crippen molar-refractivity contribution in [1.82, 2.24) is 9.21 Å². The molecule has 2 amide bonds. The molecule has 1 heterocycles. The number of benzene rings is 3. The lowest BCUT2D eigenvalue weighted by atomic mass is 10.1. The van der Waals surface area contributed by atoms with E-state index >= 15 is 0 Å². The number of amides is 2. The fraction of sp³-hybridized carbons (Fsp3) is 0.160. The number of carbonyl (C=O) groups is 1. The number of nitrogens with zero attached hydrogens (tertiary/aromatic N) is 2. The lowest BCUT2D eigenvalue weighted by Gasteiger charge is -2.28. The van der Waals surface area contributed by atoms with Gasteiger partial charge in [-0.05, 0) is 35.8 Å². The molecule has 158 valence electrons. The minimum Gasteiger partial charge on any atom is -0.316 e. The lowest BCUT2D eigenvalue weighted by Crippen LogP contribution is -2.45. The topological polar surface area (TPSA) is 57.7 Å². The first-order chi connectivity index (χ1) is 14.9. The molecule has 0 saturated carbocycles. The van der Waals surface area contributed by atoms with E-state index in [0.29, 0.717) is 13.1 Å². The van der Waals surface area contributed by atoms with Crippen molar-refractivity contribution in [2.24, 2.45) is 0 Å². The van der Waals surface area contributed by atoms with Gasteiger partial charge in [0.05, 0.1) is 11.4 Å². The van der Waals surface area contributed by atoms with Crippen molar-refractivity contribution in [3.8, 4) is 0 Å². The highest BCUT2D eigenvalue weighted by Gasteiger charge is 2.35. The Labute approximate surface area is 183 Å². The third-order valence-electron chi connectivity index (χ3n) is 5.33. The number of rotatable bonds is 5. The Morgan fingerprint density at radius 1 is 0.839 bits per heavy atom. The normalized spacial score (nSPS) is 14.9. The quantitative estimate of drug-likeness (QED) is 0.587. The van der Waals surface area contributed by atoms with E-state index in [9.17, 15) is 13.2 Å². The Kier molecular flexibility index (Phi) is 5.91. The minimum atomic E-state index is -4.02. The number of sulfonamides is 1. The Bertz CT molecular complexity index is 1190. The van der Waals surface area contributed by atoms with Gasteiger partial charge in [0.2, 0.25) is 0 Å². The molecule has 0 N–H and O–H groups in total. The molecule has 3 aromatic carbocycles. The van der Waals surface area contributed by atoms with E-state index in [1.165, 1.54) is 0 Å². The first-order valence-corrected chi connectivity index (χ1v) is 11.6. The summed E-state index contributed by atoms with van der Waals surface area (Å²) in [5.74, 6) is 0. The smallest absolute Gasteiger partial charge is 0.316 e. The van der Waals surface area contributed by atoms with Gasteiger partial charge in [-0.3, -0.25) is 0 Å². The zero-order chi connectivity index (χ0) is 21.8. The molecular weight excluding hydrogens is 408 g/mol. The van der Waals surface area contributed by atoms with E-state index in [1.807, 2.05) is 73.7 Å². The average molecular weight is 433 g/mol. The van der Waals surface area contributed by atoms with Crippen LogP contribution in [0.25, 0.3) is 5.57 Å². The molecule has 6 heteroatoms. The summed E-state index contributed by atoms with van der Waals surface area (Å²) in [6.45, 7) is 2.55. The monoisotopic (exact) mass is 432 g/mol. The standard InChI is InChI=1S/C25H24N2O3S/c1-20-12-14-24(15-13-20)31(29,30)27-19-23(22-10-6-3-7-11-22)16-17-26(25(27)28)18-21-8-4-2-5-9-21/h2-16H,17-19H2,1H3. The number of hydrogen-bond acceptors (Lipinski definition) is 3. The van der Waals surface area contributed by atoms with Gasteiger partial charge in [0, 0.05) is 13.1 Å². The van der Waals surface area contributed by atoms with Crippen molar-refractivity contribution in [2.45, 2.75) is 18.4 Å². The largest absolute Gasteiger partial charge is 0.334 e. The molecule has 0 aliphatic carbocycles. The fourth-order valence-corrected chi connectivity index (χ4v) is 4.93. The molecule has 0 atom stereocenters. The number of urea groups is 1. The maximum atomic E-state index is 13.5. The zero-order valence-electron chi connectivity index (χ0n) is 17.3. The summed E-state index contributed by atoms with van der Waals surface area (Å²) in [7, 11) is -4.02. The third kappa shape index (κ3) is 4.54. The van der Waals surface area contributed by atoms with Gasteiger partial charge >= 0.3 is 6.03 Å². The van der Waals surface area contributed by atoms with Crippen molar-refractivity contribution < 1.29 is 13.2 Å². The van der Waals surface area contributed by atoms with Gasteiger partial charge in [0.1, 0.15) is 0 Å². The Balaban J connectivity index is 1.74. The van der Waals surface area contributed by atoms with Crippen LogP contribution in [0.5, 0.6) is 0 Å². The molecule has 0 unspecified atom stereocenters. The lowest BCUT2D eigenvalue weighted by molar-refractivity contribution is 0.185. The van der Waals surface area contributed by atoms with Crippen LogP contribution in [-0.2, 0) is 16.6 Å². The van der Waals surface area contributed by atoms with Gasteiger partial charge in [-0.2, -0.15) is 0 Å². The first-order valence-electron chi connectivity index (χ1n) is 10.1. The molecule has 0 spiro atoms. The third-order valence-corrected chi connectivity index (χ3v) is 7.06. The van der Waals surface area contributed by atoms with Gasteiger partial charge in [0.15, 0.2) is 0 Å². The summed E-state index contributed by atoms with van der Waals surface area (Å²) < 4.78 is 28.0. The van der Waals surface area contributed by atoms with Crippen molar-refractivity contribution in [3.05, 3.63) is 108 Å². The molecule has 4 rings (SSSR count). The molecule has 0 radical (unpaired) electrons. The Morgan fingerprint density at radius 2 is 1.45 bits per heavy atom. The molecule has 0 aromatic heterocycles. The number of aryl methyl sites for hydroxylation is 1. The zero-order valence-corrected chi connectivity index (χ0v) is 18.1. The summed E-state index contributed by atoms with van der Waals surface area (Å²) in [6, 6.07) is 25.2. The fourth-order valence-electron chi connectivity index (χ4n) is 3.57. The van der Waals surface area contributed by atoms with Crippen LogP contribution in [0.2, 0.25) is 0 Å². The number of carbonyl (C=O) groups excluding carboxylic acids is 1. The Morgan fingerprint density at radius 3 is 2.10 bits per heavy atom. The van der Waals surface area contributed by atoms with Gasteiger partial charge < -0.3 is 4.90 Å². The summed E-state index contributed by atoms with van der Waals surface area (Å²) in [5.41, 5.74) is 3.61. The molecular formula is C25H24N2O3S. The molecule has 1 aliphatic heterocycles. The molecule has 3 aromatic rings. The van der Waals surface area contributed by atoms with E-state index in [4.69, 9.17) is 0 Å². The average Bonchev–Trinajstić information content (AvgIpc) is 2.95. The summed E-state index contributed by atoms with van der Waals surface area (Å²) in [4.78, 5) is 15.1. The van der Waals surface area contributed by atoms with Crippen LogP contribution >= 0.6 is 0 Å². The summed E-state index contributed by atoms with van der Waals surface area (Å²) in [5, 5.41) is 0. The van der Waals surface area contributed by atoms with Crippen LogP contribution in [0.1, 0.15) is 16.7 Å². The van der Waals surface area contributed by atoms with Gasteiger partial charge in [-0.1, -0.05) is 84.4 Å². The number of hydrogen-bond donors (Lipinski definition) is 0. The highest BCUT2D eigenvalue weighted by Crippen LogP contribution is 2.26. The van der Waals surface area contributed by atoms with E-state index in [-0.39, 0.29) is 11.4 Å². The second kappa shape index (κ2) is 8.78. The van der Waals surface area contributed by atoms with E-state index in [1.54, 1.807) is 29.2 Å². The predicted octanol–water partition coefficient (Wildman–Crippen LogP) is 4.71. The van der Waals surface area contributed by atoms with Crippen molar-refractivity contribution in [2.75, 3.05) is 13.1 Å². The summed E-state index contributed by atoms with van der Waals surface area (Å²) >= 11 is 0. The highest BCUT2D eigenvalue weighted by atomic mass is 32.2. The van der Waals surface area contributed by atoms with E-state index in [0.717, 1.165) is 26.6 Å². The molecule has 31 heavy (non-hydrogen) atoms. The molecule has 1 aliphatic rings. The van der Waals surface area contributed by atoms with Gasteiger partial charge in [-0.15, -0.1) is 0 Å². The Hall–Kier alpha value is -3.38. The first kappa shape index (κ1) is 20.9. The van der Waals surface area contributed by atoms with Crippen LogP contribution in [0.15, 0.2) is 95.9 Å². The van der Waals surface area contributed by atoms with Crippen molar-refractivity contribution in [1.29, 1.82) is 0 Å². The second-order valence-electron chi connectivity index (χ2n) is 7.57. The highest BCUT2D eigenvalue weighted by molar-refractivity contribution is 7.89. The maximum Gasteiger partial charge on any atom is 0.334 e. The maximum absolute atomic E-state index is 13.5. The van der Waals surface area contributed by atoms with Crippen LogP contribution in [-0.4, -0.2) is 36.7 Å². The van der Waals surface area contributed by atoms with Gasteiger partial charge in [-0.25, -0.2) is 17.5 Å². The van der Waals surface area contributed by atoms with Crippen molar-refractivity contribution >= 4 is 21.6 Å². The second-order valence-corrected chi connectivity index (χ2v) is 9.43. The minimum absolute atomic E-state index is 0.00958. The van der Waals surface area contributed by atoms with Crippen LogP contribution in [0, 0.1) is 6.92 Å². The van der Waals surface area contributed by atoms with E-state index < -0.39 is 16.1 Å². The molecule has 0 saturated heterocycles. The molecule has 0 bridgehead atoms. The van der Waals surface area contributed by atoms with Crippen LogP contribution in [0.4, 0.5) is 4.79 Å².